The van der Waals surface area contributed by atoms with Gasteiger partial charge in [-0.2, -0.15) is 9.50 Å². The summed E-state index contributed by atoms with van der Waals surface area (Å²) >= 11 is 1.49. The maximum atomic E-state index is 12.7. The molecule has 34 heavy (non-hydrogen) atoms. The first-order chi connectivity index (χ1) is 16.4. The summed E-state index contributed by atoms with van der Waals surface area (Å²) in [7, 11) is 0. The summed E-state index contributed by atoms with van der Waals surface area (Å²) < 4.78 is 8.93. The molecule has 0 aliphatic heterocycles. The third-order valence-electron chi connectivity index (χ3n) is 5.04. The van der Waals surface area contributed by atoms with Crippen LogP contribution in [0.5, 0.6) is 5.75 Å². The van der Waals surface area contributed by atoms with E-state index in [0.29, 0.717) is 41.1 Å². The molecule has 0 saturated heterocycles. The number of thioether (sulfide) groups is 1. The fourth-order valence-electron chi connectivity index (χ4n) is 3.48. The van der Waals surface area contributed by atoms with Crippen molar-refractivity contribution in [3.8, 4) is 5.75 Å². The van der Waals surface area contributed by atoms with Crippen LogP contribution >= 0.6 is 11.8 Å². The fourth-order valence-corrected chi connectivity index (χ4v) is 4.38. The molecule has 176 valence electrons. The van der Waals surface area contributed by atoms with Gasteiger partial charge in [0, 0.05) is 23.3 Å². The second-order valence-corrected chi connectivity index (χ2v) is 9.36. The van der Waals surface area contributed by atoms with E-state index in [2.05, 4.69) is 29.1 Å². The SMILES string of the molecule is Cc1ccccc1OCC(=O)Nc1ccccc1SCc1cc(=O)n2c(ncn2CC(C)C)n1. The molecule has 4 rings (SSSR count). The monoisotopic (exact) mass is 477 g/mol. The number of aryl methyl sites for hydroxylation is 1. The summed E-state index contributed by atoms with van der Waals surface area (Å²) in [5, 5.41) is 2.91. The van der Waals surface area contributed by atoms with Gasteiger partial charge in [-0.25, -0.2) is 4.98 Å². The standard InChI is InChI=1S/C25H27N5O3S/c1-17(2)13-29-16-26-25-27-19(12-24(32)30(25)29)15-34-22-11-7-5-9-20(22)28-23(31)14-33-21-10-6-4-8-18(21)3/h4-12,16-17H,13-15H2,1-3H3,(H,28,31). The summed E-state index contributed by atoms with van der Waals surface area (Å²) in [6.45, 7) is 6.70. The van der Waals surface area contributed by atoms with E-state index >= 15 is 0 Å². The van der Waals surface area contributed by atoms with Gasteiger partial charge in [0.1, 0.15) is 12.1 Å². The summed E-state index contributed by atoms with van der Waals surface area (Å²) in [6, 6.07) is 16.6. The molecular weight excluding hydrogens is 450 g/mol. The van der Waals surface area contributed by atoms with Crippen LogP contribution < -0.4 is 15.6 Å². The second-order valence-electron chi connectivity index (χ2n) is 8.35. The van der Waals surface area contributed by atoms with Gasteiger partial charge in [-0.05, 0) is 36.6 Å². The van der Waals surface area contributed by atoms with Crippen LogP contribution in [0.2, 0.25) is 0 Å². The number of benzene rings is 2. The van der Waals surface area contributed by atoms with Crippen molar-refractivity contribution in [3.05, 3.63) is 82.5 Å². The lowest BCUT2D eigenvalue weighted by molar-refractivity contribution is -0.118. The lowest BCUT2D eigenvalue weighted by Gasteiger charge is -2.12. The molecule has 2 heterocycles. The van der Waals surface area contributed by atoms with Crippen LogP contribution in [0.4, 0.5) is 5.69 Å². The van der Waals surface area contributed by atoms with E-state index in [1.54, 1.807) is 11.0 Å². The van der Waals surface area contributed by atoms with Gasteiger partial charge in [0.05, 0.1) is 11.4 Å². The molecule has 0 atom stereocenters. The van der Waals surface area contributed by atoms with E-state index < -0.39 is 0 Å². The van der Waals surface area contributed by atoms with Gasteiger partial charge in [0.15, 0.2) is 6.61 Å². The van der Waals surface area contributed by atoms with Crippen molar-refractivity contribution in [1.82, 2.24) is 19.2 Å². The number of para-hydroxylation sites is 2. The number of carbonyl (C=O) groups is 1. The Morgan fingerprint density at radius 2 is 1.91 bits per heavy atom. The predicted molar refractivity (Wildman–Crippen MR) is 133 cm³/mol. The van der Waals surface area contributed by atoms with Crippen molar-refractivity contribution in [1.29, 1.82) is 0 Å². The second kappa shape index (κ2) is 10.6. The molecule has 0 aliphatic rings. The van der Waals surface area contributed by atoms with Crippen molar-refractivity contribution in [2.75, 3.05) is 11.9 Å². The lowest BCUT2D eigenvalue weighted by Crippen LogP contribution is -2.22. The van der Waals surface area contributed by atoms with Crippen LogP contribution in [-0.4, -0.2) is 31.7 Å². The maximum Gasteiger partial charge on any atom is 0.274 e. The highest BCUT2D eigenvalue weighted by Gasteiger charge is 2.12. The number of hydrogen-bond acceptors (Lipinski definition) is 6. The van der Waals surface area contributed by atoms with E-state index in [-0.39, 0.29) is 18.1 Å². The number of nitrogens with zero attached hydrogens (tertiary/aromatic N) is 4. The van der Waals surface area contributed by atoms with E-state index in [0.717, 1.165) is 10.5 Å². The first-order valence-corrected chi connectivity index (χ1v) is 12.0. The predicted octanol–water partition coefficient (Wildman–Crippen LogP) is 4.17. The molecule has 8 nitrogen and oxygen atoms in total. The smallest absolute Gasteiger partial charge is 0.274 e. The maximum absolute atomic E-state index is 12.7. The number of ether oxygens (including phenoxy) is 1. The van der Waals surface area contributed by atoms with Crippen LogP contribution in [-0.2, 0) is 17.1 Å². The van der Waals surface area contributed by atoms with Gasteiger partial charge in [0.25, 0.3) is 17.2 Å². The number of anilines is 1. The Balaban J connectivity index is 1.42. The minimum atomic E-state index is -0.246. The molecule has 2 aromatic carbocycles. The van der Waals surface area contributed by atoms with E-state index in [1.165, 1.54) is 22.3 Å². The van der Waals surface area contributed by atoms with E-state index in [9.17, 15) is 9.59 Å². The summed E-state index contributed by atoms with van der Waals surface area (Å²) in [5.74, 6) is 1.68. The average molecular weight is 478 g/mol. The molecule has 0 aliphatic carbocycles. The van der Waals surface area contributed by atoms with E-state index in [1.807, 2.05) is 55.5 Å². The van der Waals surface area contributed by atoms with Crippen molar-refractivity contribution in [2.45, 2.75) is 38.0 Å². The normalized spacial score (nSPS) is 11.2. The van der Waals surface area contributed by atoms with Gasteiger partial charge in [-0.1, -0.05) is 44.2 Å². The lowest BCUT2D eigenvalue weighted by atomic mass is 10.2. The Morgan fingerprint density at radius 1 is 1.15 bits per heavy atom. The minimum Gasteiger partial charge on any atom is -0.483 e. The molecule has 4 aromatic rings. The zero-order valence-electron chi connectivity index (χ0n) is 19.4. The number of rotatable bonds is 9. The van der Waals surface area contributed by atoms with Crippen molar-refractivity contribution in [3.63, 3.8) is 0 Å². The molecule has 1 amide bonds. The highest BCUT2D eigenvalue weighted by atomic mass is 32.2. The molecule has 1 N–H and O–H groups in total. The van der Waals surface area contributed by atoms with Gasteiger partial charge >= 0.3 is 0 Å². The van der Waals surface area contributed by atoms with Crippen molar-refractivity contribution in [2.24, 2.45) is 5.92 Å². The van der Waals surface area contributed by atoms with Gasteiger partial charge in [-0.3, -0.25) is 14.3 Å². The van der Waals surface area contributed by atoms with Gasteiger partial charge < -0.3 is 10.1 Å². The molecule has 0 spiro atoms. The van der Waals surface area contributed by atoms with Gasteiger partial charge in [-0.15, -0.1) is 11.8 Å². The average Bonchev–Trinajstić information content (AvgIpc) is 3.20. The van der Waals surface area contributed by atoms with Crippen LogP contribution in [0.15, 0.2) is 70.6 Å². The first-order valence-electron chi connectivity index (χ1n) is 11.0. The molecular formula is C25H27N5O3S. The molecule has 0 saturated carbocycles. The van der Waals surface area contributed by atoms with Crippen molar-refractivity contribution < 1.29 is 9.53 Å². The van der Waals surface area contributed by atoms with Crippen LogP contribution in [0.25, 0.3) is 5.78 Å². The van der Waals surface area contributed by atoms with Crippen LogP contribution in [0, 0.1) is 12.8 Å². The third-order valence-corrected chi connectivity index (χ3v) is 6.14. The molecule has 0 fully saturated rings. The summed E-state index contributed by atoms with van der Waals surface area (Å²) in [6.07, 6.45) is 1.64. The van der Waals surface area contributed by atoms with E-state index in [4.69, 9.17) is 4.74 Å². The molecule has 0 bridgehead atoms. The molecule has 2 aromatic heterocycles. The Hall–Kier alpha value is -3.59. The zero-order chi connectivity index (χ0) is 24.1. The zero-order valence-corrected chi connectivity index (χ0v) is 20.2. The molecule has 0 radical (unpaired) electrons. The van der Waals surface area contributed by atoms with Crippen molar-refractivity contribution >= 4 is 29.1 Å². The van der Waals surface area contributed by atoms with Crippen LogP contribution in [0.1, 0.15) is 25.1 Å². The molecule has 0 unspecified atom stereocenters. The fraction of sp³-hybridized carbons (Fsp3) is 0.280. The number of fused-ring (bicyclic) bond motifs is 1. The number of carbonyl (C=O) groups excluding carboxylic acids is 1. The quantitative estimate of drug-likeness (QED) is 0.364. The topological polar surface area (TPSA) is 90.5 Å². The Morgan fingerprint density at radius 3 is 2.71 bits per heavy atom. The largest absolute Gasteiger partial charge is 0.483 e. The molecule has 9 heteroatoms. The van der Waals surface area contributed by atoms with Crippen LogP contribution in [0.3, 0.4) is 0 Å². The Labute approximate surface area is 202 Å². The third kappa shape index (κ3) is 5.66. The first kappa shape index (κ1) is 23.6. The summed E-state index contributed by atoms with van der Waals surface area (Å²) in [4.78, 5) is 34.9. The van der Waals surface area contributed by atoms with Gasteiger partial charge in [0.2, 0.25) is 0 Å². The Kier molecular flexibility index (Phi) is 7.32. The minimum absolute atomic E-state index is 0.0854. The number of hydrogen-bond donors (Lipinski definition) is 1. The number of nitrogens with one attached hydrogen (secondary N) is 1. The number of aromatic nitrogens is 4. The Bertz CT molecular complexity index is 1360. The highest BCUT2D eigenvalue weighted by Crippen LogP contribution is 2.29. The summed E-state index contributed by atoms with van der Waals surface area (Å²) in [5.41, 5.74) is 2.13. The highest BCUT2D eigenvalue weighted by molar-refractivity contribution is 7.98. The number of amides is 1.